The molecule has 1 aromatic carbocycles. The van der Waals surface area contributed by atoms with Gasteiger partial charge in [0.2, 0.25) is 0 Å². The van der Waals surface area contributed by atoms with Gasteiger partial charge in [-0.3, -0.25) is 4.79 Å². The maximum absolute atomic E-state index is 11.6. The van der Waals surface area contributed by atoms with Gasteiger partial charge in [0.15, 0.2) is 5.78 Å². The number of Topliss-reactive ketones (excluding diaryl/α,β-unsaturated/α-hetero) is 1. The van der Waals surface area contributed by atoms with Crippen LogP contribution in [0, 0.1) is 5.41 Å². The average molecular weight is 274 g/mol. The van der Waals surface area contributed by atoms with Crippen molar-refractivity contribution in [2.45, 2.75) is 33.1 Å². The van der Waals surface area contributed by atoms with E-state index < -0.39 is 0 Å². The summed E-state index contributed by atoms with van der Waals surface area (Å²) in [6.07, 6.45) is 3.05. The van der Waals surface area contributed by atoms with Crippen molar-refractivity contribution in [2.24, 2.45) is 5.41 Å². The first-order valence-electron chi connectivity index (χ1n) is 7.58. The predicted molar refractivity (Wildman–Crippen MR) is 84.4 cm³/mol. The topological polar surface area (TPSA) is 32.3 Å². The number of rotatable bonds is 5. The third-order valence-electron chi connectivity index (χ3n) is 4.44. The summed E-state index contributed by atoms with van der Waals surface area (Å²) in [5.74, 6) is 0.207. The SMILES string of the molecule is CCC(=O)c1ccc(NCC2(C)CCN(C)CC2)cc1. The maximum atomic E-state index is 11.6. The molecule has 0 atom stereocenters. The fourth-order valence-corrected chi connectivity index (χ4v) is 2.63. The number of carbonyl (C=O) groups is 1. The highest BCUT2D eigenvalue weighted by atomic mass is 16.1. The Kier molecular flexibility index (Phi) is 4.81. The van der Waals surface area contributed by atoms with Crippen LogP contribution in [0.2, 0.25) is 0 Å². The third-order valence-corrected chi connectivity index (χ3v) is 4.44. The smallest absolute Gasteiger partial charge is 0.162 e. The normalized spacial score (nSPS) is 18.8. The van der Waals surface area contributed by atoms with Crippen LogP contribution in [0.25, 0.3) is 0 Å². The summed E-state index contributed by atoms with van der Waals surface area (Å²) < 4.78 is 0. The first-order chi connectivity index (χ1) is 9.52. The van der Waals surface area contributed by atoms with E-state index in [4.69, 9.17) is 0 Å². The lowest BCUT2D eigenvalue weighted by Crippen LogP contribution is -2.40. The van der Waals surface area contributed by atoms with Crippen molar-refractivity contribution in [3.63, 3.8) is 0 Å². The second-order valence-corrected chi connectivity index (χ2v) is 6.32. The lowest BCUT2D eigenvalue weighted by Gasteiger charge is -2.38. The van der Waals surface area contributed by atoms with E-state index in [0.717, 1.165) is 17.8 Å². The molecule has 1 saturated heterocycles. The van der Waals surface area contributed by atoms with Crippen molar-refractivity contribution < 1.29 is 4.79 Å². The van der Waals surface area contributed by atoms with Crippen LogP contribution in [-0.2, 0) is 0 Å². The Morgan fingerprint density at radius 2 is 1.85 bits per heavy atom. The minimum Gasteiger partial charge on any atom is -0.384 e. The molecule has 0 radical (unpaired) electrons. The van der Waals surface area contributed by atoms with Gasteiger partial charge in [-0.1, -0.05) is 13.8 Å². The van der Waals surface area contributed by atoms with Crippen LogP contribution >= 0.6 is 0 Å². The second kappa shape index (κ2) is 6.40. The zero-order valence-electron chi connectivity index (χ0n) is 12.9. The molecule has 1 heterocycles. The number of hydrogen-bond donors (Lipinski definition) is 1. The molecule has 20 heavy (non-hydrogen) atoms. The molecule has 1 fully saturated rings. The molecular formula is C17H26N2O. The Labute approximate surface area is 122 Å². The van der Waals surface area contributed by atoms with E-state index in [1.54, 1.807) is 0 Å². The number of carbonyl (C=O) groups excluding carboxylic acids is 1. The van der Waals surface area contributed by atoms with Crippen molar-refractivity contribution in [3.05, 3.63) is 29.8 Å². The minimum atomic E-state index is 0.207. The number of ketones is 1. The van der Waals surface area contributed by atoms with Crippen LogP contribution in [0.1, 0.15) is 43.5 Å². The van der Waals surface area contributed by atoms with E-state index in [1.807, 2.05) is 31.2 Å². The van der Waals surface area contributed by atoms with Crippen LogP contribution in [0.5, 0.6) is 0 Å². The Bertz CT molecular complexity index is 445. The average Bonchev–Trinajstić information content (AvgIpc) is 2.48. The van der Waals surface area contributed by atoms with Gasteiger partial charge in [-0.25, -0.2) is 0 Å². The number of nitrogens with one attached hydrogen (secondary N) is 1. The van der Waals surface area contributed by atoms with Gasteiger partial charge in [-0.05, 0) is 62.7 Å². The van der Waals surface area contributed by atoms with Crippen LogP contribution in [0.3, 0.4) is 0 Å². The van der Waals surface area contributed by atoms with E-state index in [2.05, 4.69) is 24.2 Å². The number of likely N-dealkylation sites (tertiary alicyclic amines) is 1. The quantitative estimate of drug-likeness (QED) is 0.835. The largest absolute Gasteiger partial charge is 0.384 e. The molecule has 0 unspecified atom stereocenters. The van der Waals surface area contributed by atoms with Gasteiger partial charge in [0.1, 0.15) is 0 Å². The van der Waals surface area contributed by atoms with E-state index >= 15 is 0 Å². The molecule has 1 aromatic rings. The van der Waals surface area contributed by atoms with Gasteiger partial charge in [-0.15, -0.1) is 0 Å². The number of nitrogens with zero attached hydrogens (tertiary/aromatic N) is 1. The van der Waals surface area contributed by atoms with Gasteiger partial charge in [0, 0.05) is 24.2 Å². The molecular weight excluding hydrogens is 248 g/mol. The molecule has 0 aliphatic carbocycles. The molecule has 0 spiro atoms. The van der Waals surface area contributed by atoms with Crippen LogP contribution in [-0.4, -0.2) is 37.4 Å². The standard InChI is InChI=1S/C17H26N2O/c1-4-16(20)14-5-7-15(8-6-14)18-13-17(2)9-11-19(3)12-10-17/h5-8,18H,4,9-13H2,1-3H3. The molecule has 2 rings (SSSR count). The zero-order valence-corrected chi connectivity index (χ0v) is 12.9. The minimum absolute atomic E-state index is 0.207. The number of benzene rings is 1. The number of hydrogen-bond acceptors (Lipinski definition) is 3. The van der Waals surface area contributed by atoms with Crippen LogP contribution in [0.4, 0.5) is 5.69 Å². The Morgan fingerprint density at radius 1 is 1.25 bits per heavy atom. The van der Waals surface area contributed by atoms with Crippen molar-refractivity contribution in [3.8, 4) is 0 Å². The number of anilines is 1. The van der Waals surface area contributed by atoms with E-state index in [-0.39, 0.29) is 5.78 Å². The fraction of sp³-hybridized carbons (Fsp3) is 0.588. The van der Waals surface area contributed by atoms with E-state index in [1.165, 1.54) is 25.9 Å². The van der Waals surface area contributed by atoms with Gasteiger partial charge >= 0.3 is 0 Å². The monoisotopic (exact) mass is 274 g/mol. The first kappa shape index (κ1) is 15.0. The Balaban J connectivity index is 1.89. The van der Waals surface area contributed by atoms with E-state index in [0.29, 0.717) is 11.8 Å². The molecule has 0 aromatic heterocycles. The van der Waals surface area contributed by atoms with Crippen molar-refractivity contribution in [2.75, 3.05) is 32.0 Å². The highest BCUT2D eigenvalue weighted by molar-refractivity contribution is 5.96. The zero-order chi connectivity index (χ0) is 14.6. The van der Waals surface area contributed by atoms with Crippen LogP contribution < -0.4 is 5.32 Å². The van der Waals surface area contributed by atoms with Crippen molar-refractivity contribution in [1.82, 2.24) is 4.90 Å². The lowest BCUT2D eigenvalue weighted by atomic mass is 9.80. The fourth-order valence-electron chi connectivity index (χ4n) is 2.63. The summed E-state index contributed by atoms with van der Waals surface area (Å²) in [5.41, 5.74) is 2.30. The molecule has 0 bridgehead atoms. The molecule has 3 heteroatoms. The summed E-state index contributed by atoms with van der Waals surface area (Å²) in [7, 11) is 2.19. The molecule has 3 nitrogen and oxygen atoms in total. The summed E-state index contributed by atoms with van der Waals surface area (Å²) in [6, 6.07) is 7.87. The molecule has 1 aliphatic rings. The predicted octanol–water partition coefficient (Wildman–Crippen LogP) is 3.42. The van der Waals surface area contributed by atoms with E-state index in [9.17, 15) is 4.79 Å². The highest BCUT2D eigenvalue weighted by Crippen LogP contribution is 2.30. The van der Waals surface area contributed by atoms with Crippen LogP contribution in [0.15, 0.2) is 24.3 Å². The Morgan fingerprint density at radius 3 is 2.40 bits per heavy atom. The molecule has 1 N–H and O–H groups in total. The third kappa shape index (κ3) is 3.83. The molecule has 0 saturated carbocycles. The van der Waals surface area contributed by atoms with Crippen molar-refractivity contribution >= 4 is 11.5 Å². The Hall–Kier alpha value is -1.35. The molecule has 110 valence electrons. The summed E-state index contributed by atoms with van der Waals surface area (Å²) in [4.78, 5) is 14.0. The summed E-state index contributed by atoms with van der Waals surface area (Å²) in [6.45, 7) is 7.63. The highest BCUT2D eigenvalue weighted by Gasteiger charge is 2.28. The summed E-state index contributed by atoms with van der Waals surface area (Å²) >= 11 is 0. The van der Waals surface area contributed by atoms with Crippen molar-refractivity contribution in [1.29, 1.82) is 0 Å². The summed E-state index contributed by atoms with van der Waals surface area (Å²) in [5, 5.41) is 3.52. The first-order valence-corrected chi connectivity index (χ1v) is 7.58. The second-order valence-electron chi connectivity index (χ2n) is 6.32. The lowest BCUT2D eigenvalue weighted by molar-refractivity contribution is 0.0988. The van der Waals surface area contributed by atoms with Gasteiger partial charge in [0.05, 0.1) is 0 Å². The molecule has 0 amide bonds. The van der Waals surface area contributed by atoms with Gasteiger partial charge in [-0.2, -0.15) is 0 Å². The molecule has 1 aliphatic heterocycles. The van der Waals surface area contributed by atoms with Gasteiger partial charge < -0.3 is 10.2 Å². The maximum Gasteiger partial charge on any atom is 0.162 e. The number of piperidine rings is 1. The van der Waals surface area contributed by atoms with Gasteiger partial charge in [0.25, 0.3) is 0 Å².